The molecule has 1 atom stereocenters. The Morgan fingerprint density at radius 1 is 1.19 bits per heavy atom. The lowest BCUT2D eigenvalue weighted by atomic mass is 10.1. The summed E-state index contributed by atoms with van der Waals surface area (Å²) in [4.78, 5) is 31.7. The highest BCUT2D eigenvalue weighted by atomic mass is 35.5. The van der Waals surface area contributed by atoms with Crippen LogP contribution in [0, 0.1) is 0 Å². The van der Waals surface area contributed by atoms with E-state index in [1.165, 1.54) is 29.3 Å². The zero-order valence-corrected chi connectivity index (χ0v) is 19.6. The second-order valence-electron chi connectivity index (χ2n) is 7.05. The van der Waals surface area contributed by atoms with Gasteiger partial charge in [-0.1, -0.05) is 42.3 Å². The highest BCUT2D eigenvalue weighted by Gasteiger charge is 2.23. The minimum atomic E-state index is -0.763. The van der Waals surface area contributed by atoms with Crippen LogP contribution >= 0.6 is 34.5 Å². The van der Waals surface area contributed by atoms with E-state index >= 15 is 0 Å². The Balaban J connectivity index is 1.74. The van der Waals surface area contributed by atoms with Crippen LogP contribution in [0.4, 0.5) is 5.69 Å². The number of nitrogens with zero attached hydrogens (tertiary/aromatic N) is 2. The molecule has 164 valence electrons. The van der Waals surface area contributed by atoms with Crippen molar-refractivity contribution in [2.75, 3.05) is 12.4 Å². The first-order valence-corrected chi connectivity index (χ1v) is 11.4. The predicted octanol–water partition coefficient (Wildman–Crippen LogP) is 6.03. The van der Waals surface area contributed by atoms with Gasteiger partial charge in [0.1, 0.15) is 16.6 Å². The van der Waals surface area contributed by atoms with E-state index in [9.17, 15) is 9.59 Å². The molecule has 2 heterocycles. The first kappa shape index (κ1) is 22.3. The fourth-order valence-corrected chi connectivity index (χ4v) is 4.72. The van der Waals surface area contributed by atoms with Gasteiger partial charge >= 0.3 is 0 Å². The summed E-state index contributed by atoms with van der Waals surface area (Å²) in [5.74, 6) is 0.112. The third kappa shape index (κ3) is 4.24. The third-order valence-corrected chi connectivity index (χ3v) is 6.49. The second-order valence-corrected chi connectivity index (χ2v) is 8.78. The van der Waals surface area contributed by atoms with E-state index in [2.05, 4.69) is 10.3 Å². The molecule has 0 aliphatic heterocycles. The molecule has 0 aliphatic carbocycles. The molecule has 0 aliphatic rings. The first-order valence-electron chi connectivity index (χ1n) is 9.81. The van der Waals surface area contributed by atoms with E-state index in [4.69, 9.17) is 27.9 Å². The summed E-state index contributed by atoms with van der Waals surface area (Å²) in [6.45, 7) is 1.84. The van der Waals surface area contributed by atoms with E-state index in [0.717, 1.165) is 11.1 Å². The number of benzene rings is 2. The molecule has 6 nitrogen and oxygen atoms in total. The Labute approximate surface area is 198 Å². The van der Waals surface area contributed by atoms with Gasteiger partial charge in [0.2, 0.25) is 5.91 Å². The molecule has 0 saturated carbocycles. The van der Waals surface area contributed by atoms with Crippen LogP contribution in [0.2, 0.25) is 10.0 Å². The van der Waals surface area contributed by atoms with E-state index in [1.54, 1.807) is 30.3 Å². The number of carbonyl (C=O) groups is 1. The zero-order valence-electron chi connectivity index (χ0n) is 17.3. The normalized spacial score (nSPS) is 12.0. The fraction of sp³-hybridized carbons (Fsp3) is 0.174. The summed E-state index contributed by atoms with van der Waals surface area (Å²) in [6.07, 6.45) is 1.82. The topological polar surface area (TPSA) is 73.2 Å². The summed E-state index contributed by atoms with van der Waals surface area (Å²) < 4.78 is 6.68. The summed E-state index contributed by atoms with van der Waals surface area (Å²) in [5.41, 5.74) is 1.78. The third-order valence-electron chi connectivity index (χ3n) is 5.12. The maximum Gasteiger partial charge on any atom is 0.263 e. The highest BCUT2D eigenvalue weighted by Crippen LogP contribution is 2.32. The number of thiophene rings is 1. The highest BCUT2D eigenvalue weighted by molar-refractivity contribution is 7.17. The minimum Gasteiger partial charge on any atom is -0.495 e. The van der Waals surface area contributed by atoms with Gasteiger partial charge in [-0.2, -0.15) is 0 Å². The van der Waals surface area contributed by atoms with Gasteiger partial charge in [-0.3, -0.25) is 14.2 Å². The van der Waals surface area contributed by atoms with Gasteiger partial charge in [0.05, 0.1) is 24.5 Å². The minimum absolute atomic E-state index is 0.277. The number of carbonyl (C=O) groups excluding carboxylic acids is 1. The average molecular weight is 488 g/mol. The quantitative estimate of drug-likeness (QED) is 0.360. The maximum absolute atomic E-state index is 13.5. The largest absolute Gasteiger partial charge is 0.495 e. The number of nitrogens with one attached hydrogen (secondary N) is 1. The lowest BCUT2D eigenvalue weighted by molar-refractivity contribution is -0.119. The Morgan fingerprint density at radius 2 is 1.91 bits per heavy atom. The molecule has 0 saturated heterocycles. The summed E-state index contributed by atoms with van der Waals surface area (Å²) in [7, 11) is 1.51. The zero-order chi connectivity index (χ0) is 22.8. The van der Waals surface area contributed by atoms with E-state index in [-0.39, 0.29) is 11.5 Å². The molecule has 0 fully saturated rings. The van der Waals surface area contributed by atoms with Crippen LogP contribution in [-0.2, 0) is 4.79 Å². The molecule has 0 spiro atoms. The van der Waals surface area contributed by atoms with Gasteiger partial charge in [0.15, 0.2) is 0 Å². The molecule has 2 aromatic carbocycles. The second kappa shape index (κ2) is 9.32. The number of aromatic nitrogens is 2. The van der Waals surface area contributed by atoms with Crippen molar-refractivity contribution in [3.8, 4) is 16.9 Å². The van der Waals surface area contributed by atoms with Crippen LogP contribution in [0.5, 0.6) is 5.75 Å². The van der Waals surface area contributed by atoms with Crippen molar-refractivity contribution in [3.63, 3.8) is 0 Å². The molecule has 0 bridgehead atoms. The van der Waals surface area contributed by atoms with Gasteiger partial charge in [0, 0.05) is 21.0 Å². The molecule has 9 heteroatoms. The Morgan fingerprint density at radius 3 is 2.59 bits per heavy atom. The van der Waals surface area contributed by atoms with Crippen LogP contribution in [0.1, 0.15) is 19.4 Å². The number of rotatable bonds is 6. The van der Waals surface area contributed by atoms with Crippen molar-refractivity contribution in [1.29, 1.82) is 0 Å². The van der Waals surface area contributed by atoms with Crippen LogP contribution in [0.3, 0.4) is 0 Å². The number of anilines is 1. The number of fused-ring (bicyclic) bond motifs is 1. The molecular formula is C23H19Cl2N3O3S. The van der Waals surface area contributed by atoms with Gasteiger partial charge < -0.3 is 10.1 Å². The molecule has 4 aromatic rings. The lowest BCUT2D eigenvalue weighted by Gasteiger charge is -2.19. The van der Waals surface area contributed by atoms with Gasteiger partial charge in [-0.25, -0.2) is 4.98 Å². The Hall–Kier alpha value is -2.87. The SMILES string of the molecule is CCC(C(=O)Nc1cc(Cl)ccc1OC)n1cnc2scc(-c3ccc(Cl)cc3)c2c1=O. The summed E-state index contributed by atoms with van der Waals surface area (Å²) in [5, 5.41) is 6.27. The molecule has 1 amide bonds. The molecule has 1 unspecified atom stereocenters. The molecule has 2 aromatic heterocycles. The van der Waals surface area contributed by atoms with Crippen LogP contribution < -0.4 is 15.6 Å². The van der Waals surface area contributed by atoms with Crippen molar-refractivity contribution in [1.82, 2.24) is 9.55 Å². The van der Waals surface area contributed by atoms with Crippen LogP contribution in [0.25, 0.3) is 21.3 Å². The number of hydrogen-bond donors (Lipinski definition) is 1. The van der Waals surface area contributed by atoms with E-state index in [1.807, 2.05) is 24.4 Å². The van der Waals surface area contributed by atoms with Gasteiger partial charge in [0.25, 0.3) is 5.56 Å². The van der Waals surface area contributed by atoms with Gasteiger partial charge in [-0.15, -0.1) is 11.3 Å². The fourth-order valence-electron chi connectivity index (χ4n) is 3.51. The van der Waals surface area contributed by atoms with Crippen molar-refractivity contribution in [2.24, 2.45) is 0 Å². The number of hydrogen-bond acceptors (Lipinski definition) is 5. The molecular weight excluding hydrogens is 469 g/mol. The van der Waals surface area contributed by atoms with Crippen LogP contribution in [-0.4, -0.2) is 22.6 Å². The monoisotopic (exact) mass is 487 g/mol. The first-order chi connectivity index (χ1) is 15.4. The number of methoxy groups -OCH3 is 1. The number of halogens is 2. The number of amides is 1. The Bertz CT molecular complexity index is 1350. The summed E-state index contributed by atoms with van der Waals surface area (Å²) >= 11 is 13.5. The standard InChI is InChI=1S/C23H19Cl2N3O3S/c1-3-18(21(29)27-17-10-15(25)8-9-19(17)31-2)28-12-26-22-20(23(28)30)16(11-32-22)13-4-6-14(24)7-5-13/h4-12,18H,3H2,1-2H3,(H,27,29). The van der Waals surface area contributed by atoms with Gasteiger partial charge in [-0.05, 0) is 42.3 Å². The average Bonchev–Trinajstić information content (AvgIpc) is 3.21. The lowest BCUT2D eigenvalue weighted by Crippen LogP contribution is -2.33. The van der Waals surface area contributed by atoms with Crippen molar-refractivity contribution in [2.45, 2.75) is 19.4 Å². The van der Waals surface area contributed by atoms with Crippen LogP contribution in [0.15, 0.2) is 59.0 Å². The Kier molecular flexibility index (Phi) is 6.50. The van der Waals surface area contributed by atoms with E-state index < -0.39 is 6.04 Å². The van der Waals surface area contributed by atoms with E-state index in [0.29, 0.717) is 38.1 Å². The predicted molar refractivity (Wildman–Crippen MR) is 130 cm³/mol. The van der Waals surface area contributed by atoms with Crippen molar-refractivity contribution in [3.05, 3.63) is 74.6 Å². The molecule has 0 radical (unpaired) electrons. The number of ether oxygens (including phenoxy) is 1. The molecule has 4 rings (SSSR count). The smallest absolute Gasteiger partial charge is 0.263 e. The maximum atomic E-state index is 13.5. The molecule has 32 heavy (non-hydrogen) atoms. The summed E-state index contributed by atoms with van der Waals surface area (Å²) in [6, 6.07) is 11.4. The molecule has 1 N–H and O–H groups in total. The van der Waals surface area contributed by atoms with Crippen molar-refractivity contribution < 1.29 is 9.53 Å². The van der Waals surface area contributed by atoms with Crippen molar-refractivity contribution >= 4 is 56.3 Å².